The second kappa shape index (κ2) is 34.4. The van der Waals surface area contributed by atoms with Gasteiger partial charge in [-0.3, -0.25) is 19.2 Å². The van der Waals surface area contributed by atoms with E-state index in [0.29, 0.717) is 31.0 Å². The number of hydrogen-bond donors (Lipinski definition) is 5. The van der Waals surface area contributed by atoms with Crippen LogP contribution in [0.25, 0.3) is 0 Å². The number of carbonyl (C=O) groups is 4. The van der Waals surface area contributed by atoms with Gasteiger partial charge in [0.05, 0.1) is 19.2 Å². The molecule has 0 heterocycles. The molecule has 0 bridgehead atoms. The molecule has 0 spiro atoms. The number of carbonyl (C=O) groups excluding carboxylic acids is 3. The predicted octanol–water partition coefficient (Wildman–Crippen LogP) is 6.87. The minimum absolute atomic E-state index is 0.113. The molecule has 7 N–H and O–H groups in total. The van der Waals surface area contributed by atoms with Crippen molar-refractivity contribution in [2.45, 2.75) is 166 Å². The highest BCUT2D eigenvalue weighted by molar-refractivity contribution is 8.76. The van der Waals surface area contributed by atoms with Crippen molar-refractivity contribution in [3.8, 4) is 0 Å². The Balaban J connectivity index is 3.50. The lowest BCUT2D eigenvalue weighted by molar-refractivity contribution is -0.141. The molecule has 0 aromatic rings. The van der Waals surface area contributed by atoms with Crippen molar-refractivity contribution in [3.05, 3.63) is 0 Å². The van der Waals surface area contributed by atoms with Gasteiger partial charge in [0.15, 0.2) is 0 Å². The summed E-state index contributed by atoms with van der Waals surface area (Å²) >= 11 is 0. The van der Waals surface area contributed by atoms with Crippen LogP contribution in [0.5, 0.6) is 0 Å². The van der Waals surface area contributed by atoms with Gasteiger partial charge in [-0.05, 0) is 25.7 Å². The lowest BCUT2D eigenvalue weighted by atomic mass is 10.1. The molecule has 2 amide bonds. The van der Waals surface area contributed by atoms with Crippen molar-refractivity contribution in [1.82, 2.24) is 10.6 Å². The molecular formula is C35H68N4O6S2. The van der Waals surface area contributed by atoms with Gasteiger partial charge in [0.25, 0.3) is 0 Å². The molecule has 276 valence electrons. The zero-order valence-electron chi connectivity index (χ0n) is 29.4. The Labute approximate surface area is 293 Å². The number of aliphatic carboxylic acids is 1. The second-order valence-electron chi connectivity index (χ2n) is 12.6. The largest absolute Gasteiger partial charge is 0.481 e. The summed E-state index contributed by atoms with van der Waals surface area (Å²) in [7, 11) is 4.40. The predicted molar refractivity (Wildman–Crippen MR) is 197 cm³/mol. The third kappa shape index (κ3) is 32.8. The number of unbranched alkanes of at least 4 members (excludes halogenated alkanes) is 20. The van der Waals surface area contributed by atoms with E-state index in [1.807, 2.05) is 0 Å². The van der Waals surface area contributed by atoms with Gasteiger partial charge in [-0.15, -0.1) is 0 Å². The molecule has 2 unspecified atom stereocenters. The molecule has 2 atom stereocenters. The van der Waals surface area contributed by atoms with Crippen molar-refractivity contribution in [1.29, 1.82) is 0 Å². The lowest BCUT2D eigenvalue weighted by Gasteiger charge is -2.14. The zero-order chi connectivity index (χ0) is 34.8. The van der Waals surface area contributed by atoms with Gasteiger partial charge in [-0.25, -0.2) is 0 Å². The number of carboxylic acid groups (broad SMARTS) is 1. The Bertz CT molecular complexity index is 793. The second-order valence-corrected chi connectivity index (χ2v) is 15.2. The molecular weight excluding hydrogens is 637 g/mol. The molecule has 0 aliphatic heterocycles. The van der Waals surface area contributed by atoms with Crippen molar-refractivity contribution in [2.75, 3.05) is 31.7 Å². The van der Waals surface area contributed by atoms with Crippen LogP contribution >= 0.6 is 21.6 Å². The number of ether oxygens (including phenoxy) is 1. The first-order valence-corrected chi connectivity index (χ1v) is 20.9. The smallest absolute Gasteiger partial charge is 0.305 e. The van der Waals surface area contributed by atoms with Gasteiger partial charge < -0.3 is 31.9 Å². The van der Waals surface area contributed by atoms with Crippen LogP contribution in [0.4, 0.5) is 0 Å². The van der Waals surface area contributed by atoms with Crippen molar-refractivity contribution in [3.63, 3.8) is 0 Å². The fourth-order valence-electron chi connectivity index (χ4n) is 5.16. The first-order chi connectivity index (χ1) is 22.8. The van der Waals surface area contributed by atoms with Crippen LogP contribution in [0, 0.1) is 0 Å². The van der Waals surface area contributed by atoms with Crippen LogP contribution in [0.15, 0.2) is 0 Å². The van der Waals surface area contributed by atoms with E-state index in [0.717, 1.165) is 57.8 Å². The fourth-order valence-corrected chi connectivity index (χ4v) is 7.40. The van der Waals surface area contributed by atoms with Gasteiger partial charge in [0, 0.05) is 37.4 Å². The topological polar surface area (TPSA) is 174 Å². The van der Waals surface area contributed by atoms with E-state index in [-0.39, 0.29) is 24.2 Å². The summed E-state index contributed by atoms with van der Waals surface area (Å²) in [5.41, 5.74) is 12.1. The third-order valence-corrected chi connectivity index (χ3v) is 10.7. The van der Waals surface area contributed by atoms with E-state index in [1.165, 1.54) is 112 Å². The van der Waals surface area contributed by atoms with E-state index < -0.39 is 18.1 Å². The van der Waals surface area contributed by atoms with Crippen molar-refractivity contribution >= 4 is 45.3 Å². The van der Waals surface area contributed by atoms with Crippen LogP contribution < -0.4 is 22.1 Å². The van der Waals surface area contributed by atoms with E-state index >= 15 is 0 Å². The summed E-state index contributed by atoms with van der Waals surface area (Å²) in [6, 6.07) is -1.15. The highest BCUT2D eigenvalue weighted by Crippen LogP contribution is 2.22. The summed E-state index contributed by atoms with van der Waals surface area (Å²) in [5, 5.41) is 14.5. The molecule has 0 saturated carbocycles. The van der Waals surface area contributed by atoms with Gasteiger partial charge in [-0.2, -0.15) is 0 Å². The Morgan fingerprint density at radius 3 is 1.15 bits per heavy atom. The Morgan fingerprint density at radius 1 is 0.532 bits per heavy atom. The van der Waals surface area contributed by atoms with Gasteiger partial charge in [-0.1, -0.05) is 137 Å². The number of hydrogen-bond acceptors (Lipinski definition) is 9. The lowest BCUT2D eigenvalue weighted by Crippen LogP contribution is -2.43. The highest BCUT2D eigenvalue weighted by Gasteiger charge is 2.16. The standard InChI is InChI=1S/C35H68N4O6S2/c1-45-33(42)25-21-17-13-9-5-3-7-11-15-19-23-27-39-35(44)31(37)29-47-46-28-30(36)34(43)38-26-22-18-14-10-6-2-4-8-12-16-20-24-32(40)41/h30-31H,2-29,36-37H2,1H3,(H,38,43)(H,39,44)(H,40,41). The summed E-state index contributed by atoms with van der Waals surface area (Å²) in [6.45, 7) is 1.30. The Morgan fingerprint density at radius 2 is 0.830 bits per heavy atom. The summed E-state index contributed by atoms with van der Waals surface area (Å²) in [6.07, 6.45) is 25.8. The molecule has 12 heteroatoms. The van der Waals surface area contributed by atoms with E-state index in [2.05, 4.69) is 15.4 Å². The maximum Gasteiger partial charge on any atom is 0.305 e. The molecule has 0 fully saturated rings. The molecule has 0 saturated heterocycles. The van der Waals surface area contributed by atoms with Crippen LogP contribution in [0.2, 0.25) is 0 Å². The molecule has 10 nitrogen and oxygen atoms in total. The minimum atomic E-state index is -0.699. The zero-order valence-corrected chi connectivity index (χ0v) is 31.0. The van der Waals surface area contributed by atoms with E-state index in [9.17, 15) is 19.2 Å². The molecule has 0 aromatic carbocycles. The quantitative estimate of drug-likeness (QED) is 0.0266. The van der Waals surface area contributed by atoms with Gasteiger partial charge in [0.1, 0.15) is 0 Å². The third-order valence-electron chi connectivity index (χ3n) is 8.20. The number of carboxylic acids is 1. The number of methoxy groups -OCH3 is 1. The summed E-state index contributed by atoms with van der Waals surface area (Å²) < 4.78 is 4.65. The normalized spacial score (nSPS) is 12.4. The van der Waals surface area contributed by atoms with Crippen molar-refractivity contribution in [2.24, 2.45) is 11.5 Å². The van der Waals surface area contributed by atoms with E-state index in [1.54, 1.807) is 0 Å². The van der Waals surface area contributed by atoms with Gasteiger partial charge in [0.2, 0.25) is 11.8 Å². The first kappa shape index (κ1) is 45.5. The van der Waals surface area contributed by atoms with Crippen molar-refractivity contribution < 1.29 is 29.0 Å². The summed E-state index contributed by atoms with van der Waals surface area (Å²) in [5.74, 6) is -0.123. The van der Waals surface area contributed by atoms with Crippen LogP contribution in [0.3, 0.4) is 0 Å². The molecule has 47 heavy (non-hydrogen) atoms. The first-order valence-electron chi connectivity index (χ1n) is 18.4. The number of nitrogens with two attached hydrogens (primary N) is 2. The average molecular weight is 705 g/mol. The van der Waals surface area contributed by atoms with Crippen LogP contribution in [0.1, 0.15) is 154 Å². The highest BCUT2D eigenvalue weighted by atomic mass is 33.1. The SMILES string of the molecule is COC(=O)CCCCCCCCCCCCCNC(=O)C(N)CSSCC(N)C(=O)NCCCCCCCCCCCCCC(=O)O. The van der Waals surface area contributed by atoms with Crippen LogP contribution in [-0.2, 0) is 23.9 Å². The fraction of sp³-hybridized carbons (Fsp3) is 0.886. The number of esters is 1. The minimum Gasteiger partial charge on any atom is -0.481 e. The number of rotatable bonds is 35. The number of nitrogens with one attached hydrogen (secondary N) is 2. The van der Waals surface area contributed by atoms with E-state index in [4.69, 9.17) is 16.6 Å². The Hall–Kier alpha value is -1.50. The van der Waals surface area contributed by atoms with Gasteiger partial charge >= 0.3 is 11.9 Å². The molecule has 0 aliphatic carbocycles. The maximum absolute atomic E-state index is 12.3. The van der Waals surface area contributed by atoms with Crippen LogP contribution in [-0.4, -0.2) is 72.6 Å². The molecule has 0 aromatic heterocycles. The Kier molecular flexibility index (Phi) is 33.3. The number of amides is 2. The maximum atomic E-state index is 12.3. The molecule has 0 aliphatic rings. The summed E-state index contributed by atoms with van der Waals surface area (Å²) in [4.78, 5) is 46.1. The molecule has 0 rings (SSSR count). The molecule has 0 radical (unpaired) electrons. The monoisotopic (exact) mass is 704 g/mol. The average Bonchev–Trinajstić information content (AvgIpc) is 3.06.